The van der Waals surface area contributed by atoms with E-state index in [2.05, 4.69) is 0 Å². The van der Waals surface area contributed by atoms with Crippen molar-refractivity contribution in [1.29, 1.82) is 0 Å². The molecule has 0 aromatic carbocycles. The Morgan fingerprint density at radius 3 is 1.33 bits per heavy atom. The molecular formula is C13H7F15O2. The largest absolute Gasteiger partial charge is 0.460 e. The highest BCUT2D eigenvalue weighted by Gasteiger charge is 2.94. The highest BCUT2D eigenvalue weighted by Crippen LogP contribution is 2.62. The molecular weight excluding hydrogens is 473 g/mol. The average Bonchev–Trinajstić information content (AvgIpc) is 2.97. The molecule has 1 fully saturated rings. The fourth-order valence-electron chi connectivity index (χ4n) is 2.43. The standard InChI is InChI=1S/C13H7F15O2/c14-7(15,6(30)4-2-1-3-5(4)29)8(16,17)9(18,19)10(20,21)11(22,23)12(24,25)13(26,27)28/h4H,1-3H2. The highest BCUT2D eigenvalue weighted by atomic mass is 19.4. The third-order valence-electron chi connectivity index (χ3n) is 4.26. The molecule has 0 aromatic rings. The van der Waals surface area contributed by atoms with Crippen molar-refractivity contribution in [3.05, 3.63) is 0 Å². The third-order valence-corrected chi connectivity index (χ3v) is 4.26. The summed E-state index contributed by atoms with van der Waals surface area (Å²) in [6, 6.07) is 0. The summed E-state index contributed by atoms with van der Waals surface area (Å²) >= 11 is 0. The Hall–Kier alpha value is -1.71. The lowest BCUT2D eigenvalue weighted by Gasteiger charge is -2.41. The van der Waals surface area contributed by atoms with Crippen molar-refractivity contribution in [2.75, 3.05) is 0 Å². The molecule has 1 aliphatic carbocycles. The van der Waals surface area contributed by atoms with Gasteiger partial charge in [-0.25, -0.2) is 0 Å². The molecule has 0 amide bonds. The number of carbonyl (C=O) groups excluding carboxylic acids is 2. The van der Waals surface area contributed by atoms with Crippen molar-refractivity contribution < 1.29 is 75.4 Å². The fraction of sp³-hybridized carbons (Fsp3) is 0.846. The molecule has 17 heteroatoms. The van der Waals surface area contributed by atoms with Crippen LogP contribution in [-0.2, 0) is 9.59 Å². The lowest BCUT2D eigenvalue weighted by Crippen LogP contribution is -2.73. The summed E-state index contributed by atoms with van der Waals surface area (Å²) in [6.07, 6.45) is -9.73. The van der Waals surface area contributed by atoms with Gasteiger partial charge in [0, 0.05) is 6.42 Å². The Kier molecular flexibility index (Phi) is 6.05. The van der Waals surface area contributed by atoms with Crippen LogP contribution in [0.25, 0.3) is 0 Å². The second-order valence-corrected chi connectivity index (χ2v) is 6.22. The molecule has 0 N–H and O–H groups in total. The van der Waals surface area contributed by atoms with Gasteiger partial charge in [0.1, 0.15) is 5.78 Å². The van der Waals surface area contributed by atoms with Gasteiger partial charge in [-0.2, -0.15) is 65.9 Å². The van der Waals surface area contributed by atoms with E-state index in [1.807, 2.05) is 0 Å². The Morgan fingerprint density at radius 2 is 1.00 bits per heavy atom. The van der Waals surface area contributed by atoms with Crippen LogP contribution in [0.2, 0.25) is 0 Å². The first kappa shape index (κ1) is 26.3. The van der Waals surface area contributed by atoms with Crippen LogP contribution in [-0.4, -0.2) is 53.3 Å². The number of ketones is 2. The minimum absolute atomic E-state index is 0.403. The zero-order valence-electron chi connectivity index (χ0n) is 13.7. The van der Waals surface area contributed by atoms with Crippen LogP contribution in [0, 0.1) is 5.92 Å². The van der Waals surface area contributed by atoms with Crippen molar-refractivity contribution in [1.82, 2.24) is 0 Å². The van der Waals surface area contributed by atoms with Gasteiger partial charge in [-0.3, -0.25) is 9.59 Å². The van der Waals surface area contributed by atoms with Gasteiger partial charge >= 0.3 is 41.7 Å². The van der Waals surface area contributed by atoms with Crippen molar-refractivity contribution in [3.8, 4) is 0 Å². The quantitative estimate of drug-likeness (QED) is 0.366. The number of halogens is 15. The summed E-state index contributed by atoms with van der Waals surface area (Å²) in [7, 11) is 0. The van der Waals surface area contributed by atoms with Gasteiger partial charge in [0.2, 0.25) is 5.78 Å². The van der Waals surface area contributed by atoms with Crippen molar-refractivity contribution >= 4 is 11.6 Å². The van der Waals surface area contributed by atoms with E-state index in [0.717, 1.165) is 0 Å². The molecule has 2 nitrogen and oxygen atoms in total. The molecule has 0 spiro atoms. The minimum atomic E-state index is -8.45. The second-order valence-electron chi connectivity index (χ2n) is 6.22. The van der Waals surface area contributed by atoms with E-state index in [9.17, 15) is 75.4 Å². The number of Topliss-reactive ketones (excluding diaryl/α,β-unsaturated/α-hetero) is 2. The topological polar surface area (TPSA) is 34.1 Å². The maximum absolute atomic E-state index is 13.6. The molecule has 0 aliphatic heterocycles. The van der Waals surface area contributed by atoms with Crippen LogP contribution in [0.5, 0.6) is 0 Å². The summed E-state index contributed by atoms with van der Waals surface area (Å²) in [6.45, 7) is 0. The smallest absolute Gasteiger partial charge is 0.299 e. The Balaban J connectivity index is 3.55. The summed E-state index contributed by atoms with van der Waals surface area (Å²) in [4.78, 5) is 22.5. The number of rotatable bonds is 7. The second kappa shape index (κ2) is 6.90. The molecule has 1 atom stereocenters. The summed E-state index contributed by atoms with van der Waals surface area (Å²) in [5.41, 5.74) is 0. The summed E-state index contributed by atoms with van der Waals surface area (Å²) in [5, 5.41) is 0. The Labute approximate surface area is 155 Å². The molecule has 0 heterocycles. The summed E-state index contributed by atoms with van der Waals surface area (Å²) < 4.78 is 195. The Morgan fingerprint density at radius 1 is 0.633 bits per heavy atom. The molecule has 176 valence electrons. The third kappa shape index (κ3) is 3.22. The van der Waals surface area contributed by atoms with Gasteiger partial charge < -0.3 is 0 Å². The number of hydrogen-bond donors (Lipinski definition) is 0. The average molecular weight is 480 g/mol. The lowest BCUT2D eigenvalue weighted by molar-refractivity contribution is -0.449. The molecule has 0 saturated heterocycles. The van der Waals surface area contributed by atoms with E-state index in [4.69, 9.17) is 0 Å². The van der Waals surface area contributed by atoms with E-state index < -0.39 is 78.5 Å². The molecule has 0 bridgehead atoms. The monoisotopic (exact) mass is 480 g/mol. The maximum Gasteiger partial charge on any atom is 0.460 e. The van der Waals surface area contributed by atoms with Crippen LogP contribution in [0.3, 0.4) is 0 Å². The van der Waals surface area contributed by atoms with E-state index in [0.29, 0.717) is 0 Å². The molecule has 1 aliphatic rings. The van der Waals surface area contributed by atoms with Crippen molar-refractivity contribution in [2.45, 2.75) is 61.0 Å². The fourth-order valence-corrected chi connectivity index (χ4v) is 2.43. The normalized spacial score (nSPS) is 20.6. The van der Waals surface area contributed by atoms with E-state index in [1.165, 1.54) is 0 Å². The minimum Gasteiger partial charge on any atom is -0.299 e. The first-order valence-electron chi connectivity index (χ1n) is 7.33. The van der Waals surface area contributed by atoms with Gasteiger partial charge in [-0.05, 0) is 12.8 Å². The molecule has 1 rings (SSSR count). The summed E-state index contributed by atoms with van der Waals surface area (Å²) in [5.74, 6) is -55.8. The van der Waals surface area contributed by atoms with Crippen LogP contribution >= 0.6 is 0 Å². The van der Waals surface area contributed by atoms with Crippen LogP contribution in [0.4, 0.5) is 65.9 Å². The lowest BCUT2D eigenvalue weighted by atomic mass is 9.86. The van der Waals surface area contributed by atoms with Gasteiger partial charge in [-0.15, -0.1) is 0 Å². The van der Waals surface area contributed by atoms with Crippen LogP contribution < -0.4 is 0 Å². The molecule has 30 heavy (non-hydrogen) atoms. The van der Waals surface area contributed by atoms with Gasteiger partial charge in [0.15, 0.2) is 0 Å². The van der Waals surface area contributed by atoms with E-state index in [-0.39, 0.29) is 0 Å². The molecule has 1 unspecified atom stereocenters. The first-order chi connectivity index (χ1) is 12.9. The van der Waals surface area contributed by atoms with Crippen LogP contribution in [0.15, 0.2) is 0 Å². The highest BCUT2D eigenvalue weighted by molar-refractivity contribution is 6.07. The number of alkyl halides is 15. The number of hydrogen-bond acceptors (Lipinski definition) is 2. The zero-order chi connectivity index (χ0) is 24.4. The zero-order valence-corrected chi connectivity index (χ0v) is 13.7. The van der Waals surface area contributed by atoms with Gasteiger partial charge in [0.05, 0.1) is 5.92 Å². The first-order valence-corrected chi connectivity index (χ1v) is 7.33. The predicted octanol–water partition coefficient (Wildman–Crippen LogP) is 5.30. The number of carbonyl (C=O) groups is 2. The van der Waals surface area contributed by atoms with E-state index >= 15 is 0 Å². The predicted molar refractivity (Wildman–Crippen MR) is 63.1 cm³/mol. The molecule has 0 aromatic heterocycles. The van der Waals surface area contributed by atoms with Gasteiger partial charge in [-0.1, -0.05) is 0 Å². The van der Waals surface area contributed by atoms with Gasteiger partial charge in [0.25, 0.3) is 0 Å². The Bertz CT molecular complexity index is 706. The van der Waals surface area contributed by atoms with E-state index in [1.54, 1.807) is 0 Å². The molecule has 0 radical (unpaired) electrons. The van der Waals surface area contributed by atoms with Crippen molar-refractivity contribution in [2.24, 2.45) is 5.92 Å². The SMILES string of the molecule is O=C1CCCC1C(=O)C(F)(F)C(F)(F)C(F)(F)C(F)(F)C(F)(F)C(F)(F)C(F)(F)F. The van der Waals surface area contributed by atoms with Crippen molar-refractivity contribution in [3.63, 3.8) is 0 Å². The maximum atomic E-state index is 13.6. The molecule has 1 saturated carbocycles. The van der Waals surface area contributed by atoms with Crippen LogP contribution in [0.1, 0.15) is 19.3 Å².